The molecule has 0 heterocycles. The van der Waals surface area contributed by atoms with Crippen LogP contribution >= 0.6 is 0 Å². The van der Waals surface area contributed by atoms with Crippen molar-refractivity contribution in [2.75, 3.05) is 11.9 Å². The molecule has 0 spiro atoms. The van der Waals surface area contributed by atoms with Gasteiger partial charge in [-0.15, -0.1) is 0 Å². The summed E-state index contributed by atoms with van der Waals surface area (Å²) >= 11 is 0. The van der Waals surface area contributed by atoms with Crippen LogP contribution in [0.5, 0.6) is 0 Å². The van der Waals surface area contributed by atoms with Crippen LogP contribution in [-0.4, -0.2) is 19.0 Å². The van der Waals surface area contributed by atoms with Crippen LogP contribution in [0.4, 0.5) is 14.9 Å². The Labute approximate surface area is 105 Å². The maximum atomic E-state index is 13.2. The molecule has 0 radical (unpaired) electrons. The van der Waals surface area contributed by atoms with Gasteiger partial charge in [0.15, 0.2) is 5.96 Å². The molecular formula is C12H17FN4O. The molecule has 0 fully saturated rings. The first-order valence-corrected chi connectivity index (χ1v) is 5.62. The van der Waals surface area contributed by atoms with E-state index < -0.39 is 12.0 Å². The molecule has 4 N–H and O–H groups in total. The topological polar surface area (TPSA) is 82.2 Å². The summed E-state index contributed by atoms with van der Waals surface area (Å²) in [5.74, 6) is -0.756. The Bertz CT molecular complexity index is 461. The van der Waals surface area contributed by atoms with Crippen molar-refractivity contribution in [3.05, 3.63) is 29.6 Å². The van der Waals surface area contributed by atoms with Gasteiger partial charge >= 0.3 is 6.03 Å². The van der Waals surface area contributed by atoms with Crippen molar-refractivity contribution in [3.8, 4) is 0 Å². The minimum absolute atomic E-state index is 0.331. The minimum atomic E-state index is -0.522. The zero-order valence-electron chi connectivity index (χ0n) is 10.5. The van der Waals surface area contributed by atoms with Gasteiger partial charge in [-0.3, -0.25) is 15.6 Å². The third kappa shape index (κ3) is 3.44. The van der Waals surface area contributed by atoms with Gasteiger partial charge < -0.3 is 5.73 Å². The average molecular weight is 252 g/mol. The molecule has 0 aliphatic carbocycles. The molecule has 1 rings (SSSR count). The molecule has 98 valence electrons. The lowest BCUT2D eigenvalue weighted by Crippen LogP contribution is -2.44. The van der Waals surface area contributed by atoms with Crippen molar-refractivity contribution in [2.24, 2.45) is 5.73 Å². The Hall–Kier alpha value is -2.11. The summed E-state index contributed by atoms with van der Waals surface area (Å²) in [6.45, 7) is 1.98. The highest BCUT2D eigenvalue weighted by Crippen LogP contribution is 2.22. The first-order valence-electron chi connectivity index (χ1n) is 5.62. The second-order valence-electron chi connectivity index (χ2n) is 3.93. The van der Waals surface area contributed by atoms with Crippen LogP contribution in [0.1, 0.15) is 18.9 Å². The van der Waals surface area contributed by atoms with E-state index in [0.29, 0.717) is 12.1 Å². The molecule has 1 aromatic carbocycles. The smallest absolute Gasteiger partial charge is 0.328 e. The molecule has 0 saturated heterocycles. The van der Waals surface area contributed by atoms with E-state index in [1.54, 1.807) is 13.1 Å². The Morgan fingerprint density at radius 2 is 2.22 bits per heavy atom. The lowest BCUT2D eigenvalue weighted by molar-refractivity contribution is 0.251. The summed E-state index contributed by atoms with van der Waals surface area (Å²) in [4.78, 5) is 13.0. The number of hydrogen-bond acceptors (Lipinski definition) is 2. The largest absolute Gasteiger partial charge is 0.370 e. The van der Waals surface area contributed by atoms with Crippen LogP contribution in [-0.2, 0) is 6.42 Å². The van der Waals surface area contributed by atoms with Crippen LogP contribution in [0, 0.1) is 11.2 Å². The van der Waals surface area contributed by atoms with Crippen molar-refractivity contribution < 1.29 is 9.18 Å². The van der Waals surface area contributed by atoms with Gasteiger partial charge in [0.1, 0.15) is 5.82 Å². The Balaban J connectivity index is 3.00. The first kappa shape index (κ1) is 14.0. The number of carbonyl (C=O) groups excluding carboxylic acids is 1. The monoisotopic (exact) mass is 252 g/mol. The highest BCUT2D eigenvalue weighted by molar-refractivity contribution is 6.02. The molecule has 1 aromatic rings. The molecule has 0 aliphatic rings. The van der Waals surface area contributed by atoms with E-state index in [9.17, 15) is 9.18 Å². The summed E-state index contributed by atoms with van der Waals surface area (Å²) in [6.07, 6.45) is 1.52. The SMILES string of the molecule is CCCc1cc(F)ccc1N(C)C(=O)NC(=N)N. The number of aryl methyl sites for hydroxylation is 1. The summed E-state index contributed by atoms with van der Waals surface area (Å²) in [5.41, 5.74) is 6.45. The van der Waals surface area contributed by atoms with Crippen molar-refractivity contribution in [1.29, 1.82) is 5.41 Å². The number of anilines is 1. The van der Waals surface area contributed by atoms with Crippen LogP contribution in [0.15, 0.2) is 18.2 Å². The quantitative estimate of drug-likeness (QED) is 0.566. The van der Waals surface area contributed by atoms with Crippen molar-refractivity contribution in [3.63, 3.8) is 0 Å². The van der Waals surface area contributed by atoms with Gasteiger partial charge in [0.05, 0.1) is 0 Å². The number of carbonyl (C=O) groups is 1. The van der Waals surface area contributed by atoms with E-state index in [1.807, 2.05) is 6.92 Å². The molecule has 0 saturated carbocycles. The summed E-state index contributed by atoms with van der Waals surface area (Å²) in [7, 11) is 1.55. The number of nitrogens with zero attached hydrogens (tertiary/aromatic N) is 1. The zero-order valence-corrected chi connectivity index (χ0v) is 10.5. The lowest BCUT2D eigenvalue weighted by atomic mass is 10.1. The van der Waals surface area contributed by atoms with Gasteiger partial charge in [0.2, 0.25) is 0 Å². The molecule has 2 amide bonds. The normalized spacial score (nSPS) is 9.94. The van der Waals surface area contributed by atoms with Crippen LogP contribution in [0.3, 0.4) is 0 Å². The van der Waals surface area contributed by atoms with Crippen molar-refractivity contribution in [1.82, 2.24) is 5.32 Å². The Kier molecular flexibility index (Phi) is 4.65. The van der Waals surface area contributed by atoms with E-state index in [4.69, 9.17) is 11.1 Å². The molecule has 6 heteroatoms. The second-order valence-corrected chi connectivity index (χ2v) is 3.93. The molecule has 0 aliphatic heterocycles. The lowest BCUT2D eigenvalue weighted by Gasteiger charge is -2.20. The molecule has 18 heavy (non-hydrogen) atoms. The fraction of sp³-hybridized carbons (Fsp3) is 0.333. The van der Waals surface area contributed by atoms with Crippen LogP contribution in [0.2, 0.25) is 0 Å². The number of guanidine groups is 1. The second kappa shape index (κ2) is 6.00. The molecule has 0 atom stereocenters. The van der Waals surface area contributed by atoms with Gasteiger partial charge in [0, 0.05) is 12.7 Å². The van der Waals surface area contributed by atoms with E-state index in [1.165, 1.54) is 17.0 Å². The van der Waals surface area contributed by atoms with Crippen LogP contribution in [0.25, 0.3) is 0 Å². The zero-order chi connectivity index (χ0) is 13.7. The van der Waals surface area contributed by atoms with Crippen LogP contribution < -0.4 is 16.0 Å². The molecular weight excluding hydrogens is 235 g/mol. The maximum Gasteiger partial charge on any atom is 0.328 e. The van der Waals surface area contributed by atoms with E-state index in [0.717, 1.165) is 12.0 Å². The van der Waals surface area contributed by atoms with Gasteiger partial charge in [-0.05, 0) is 30.2 Å². The fourth-order valence-electron chi connectivity index (χ4n) is 1.66. The highest BCUT2D eigenvalue weighted by atomic mass is 19.1. The van der Waals surface area contributed by atoms with E-state index in [2.05, 4.69) is 5.32 Å². The fourth-order valence-corrected chi connectivity index (χ4v) is 1.66. The Morgan fingerprint density at radius 3 is 2.78 bits per heavy atom. The standard InChI is InChI=1S/C12H17FN4O/c1-3-4-8-7-9(13)5-6-10(8)17(2)12(18)16-11(14)15/h5-7H,3-4H2,1-2H3,(H4,14,15,16,18). The molecule has 5 nitrogen and oxygen atoms in total. The number of nitrogens with two attached hydrogens (primary N) is 1. The molecule has 0 unspecified atom stereocenters. The third-order valence-electron chi connectivity index (χ3n) is 2.47. The summed E-state index contributed by atoms with van der Waals surface area (Å²) in [6, 6.07) is 3.73. The number of urea groups is 1. The number of rotatable bonds is 3. The number of hydrogen-bond donors (Lipinski definition) is 3. The van der Waals surface area contributed by atoms with Crippen molar-refractivity contribution in [2.45, 2.75) is 19.8 Å². The predicted molar refractivity (Wildman–Crippen MR) is 69.2 cm³/mol. The number of halogens is 1. The summed E-state index contributed by atoms with van der Waals surface area (Å²) in [5, 5.41) is 9.19. The minimum Gasteiger partial charge on any atom is -0.370 e. The predicted octanol–water partition coefficient (Wildman–Crippen LogP) is 1.82. The van der Waals surface area contributed by atoms with Gasteiger partial charge in [0.25, 0.3) is 0 Å². The highest BCUT2D eigenvalue weighted by Gasteiger charge is 2.15. The third-order valence-corrected chi connectivity index (χ3v) is 2.47. The van der Waals surface area contributed by atoms with Gasteiger partial charge in [-0.1, -0.05) is 13.3 Å². The number of benzene rings is 1. The molecule has 0 aromatic heterocycles. The average Bonchev–Trinajstić information content (AvgIpc) is 2.28. The Morgan fingerprint density at radius 1 is 1.56 bits per heavy atom. The number of amides is 2. The first-order chi connectivity index (χ1) is 8.45. The molecule has 0 bridgehead atoms. The van der Waals surface area contributed by atoms with E-state index in [-0.39, 0.29) is 5.82 Å². The number of nitrogens with one attached hydrogen (secondary N) is 2. The van der Waals surface area contributed by atoms with Gasteiger partial charge in [-0.25, -0.2) is 9.18 Å². The summed E-state index contributed by atoms with van der Waals surface area (Å²) < 4.78 is 13.2. The van der Waals surface area contributed by atoms with E-state index >= 15 is 0 Å². The maximum absolute atomic E-state index is 13.2. The van der Waals surface area contributed by atoms with Gasteiger partial charge in [-0.2, -0.15) is 0 Å². The van der Waals surface area contributed by atoms with Crippen molar-refractivity contribution >= 4 is 17.7 Å².